The van der Waals surface area contributed by atoms with Gasteiger partial charge in [0.05, 0.1) is 37.8 Å². The lowest BCUT2D eigenvalue weighted by atomic mass is 9.94. The molecule has 1 aliphatic heterocycles. The Hall–Kier alpha value is -4.59. The zero-order valence-corrected chi connectivity index (χ0v) is 19.1. The summed E-state index contributed by atoms with van der Waals surface area (Å²) in [4.78, 5) is 38.9. The molecule has 1 unspecified atom stereocenters. The van der Waals surface area contributed by atoms with E-state index in [-0.39, 0.29) is 23.3 Å². The number of benzene rings is 3. The van der Waals surface area contributed by atoms with Crippen molar-refractivity contribution in [2.45, 2.75) is 12.5 Å². The van der Waals surface area contributed by atoms with Crippen LogP contribution in [0.5, 0.6) is 11.5 Å². The second-order valence-corrected chi connectivity index (χ2v) is 7.88. The Labute approximate surface area is 201 Å². The van der Waals surface area contributed by atoms with Gasteiger partial charge in [0.15, 0.2) is 0 Å². The number of aliphatic hydroxyl groups excluding tert-OH is 1. The highest BCUT2D eigenvalue weighted by atomic mass is 16.5. The summed E-state index contributed by atoms with van der Waals surface area (Å²) in [5.74, 6) is -2.05. The summed E-state index contributed by atoms with van der Waals surface area (Å²) in [5.41, 5.74) is 1.72. The largest absolute Gasteiger partial charge is 0.507 e. The van der Waals surface area contributed by atoms with E-state index in [0.29, 0.717) is 28.3 Å². The minimum Gasteiger partial charge on any atom is -0.507 e. The molecule has 178 valence electrons. The molecule has 0 aliphatic carbocycles. The van der Waals surface area contributed by atoms with Crippen molar-refractivity contribution in [3.63, 3.8) is 0 Å². The number of para-hydroxylation sites is 1. The van der Waals surface area contributed by atoms with E-state index >= 15 is 0 Å². The second-order valence-electron chi connectivity index (χ2n) is 7.88. The van der Waals surface area contributed by atoms with Crippen LogP contribution in [0.4, 0.5) is 5.69 Å². The third-order valence-electron chi connectivity index (χ3n) is 5.81. The second kappa shape index (κ2) is 9.72. The maximum Gasteiger partial charge on any atom is 0.307 e. The molecule has 1 atom stereocenters. The van der Waals surface area contributed by atoms with E-state index in [1.54, 1.807) is 72.8 Å². The summed E-state index contributed by atoms with van der Waals surface area (Å²) in [6, 6.07) is 18.9. The highest BCUT2D eigenvalue weighted by molar-refractivity contribution is 6.51. The first-order valence-electron chi connectivity index (χ1n) is 10.7. The fraction of sp³-hybridized carbons (Fsp3) is 0.148. The van der Waals surface area contributed by atoms with Crippen LogP contribution < -0.4 is 14.4 Å². The molecule has 0 bridgehead atoms. The Bertz CT molecular complexity index is 1310. The number of ether oxygens (including phenoxy) is 2. The maximum absolute atomic E-state index is 13.3. The first kappa shape index (κ1) is 23.6. The van der Waals surface area contributed by atoms with Gasteiger partial charge < -0.3 is 19.7 Å². The third kappa shape index (κ3) is 4.46. The monoisotopic (exact) mass is 473 g/mol. The molecule has 4 rings (SSSR count). The van der Waals surface area contributed by atoms with Gasteiger partial charge in [0.1, 0.15) is 17.3 Å². The SMILES string of the molecule is COc1ccc(C2/C(=C(/O)c3ccccc3OC)C(=O)C(=O)N2c2ccc(CC(=O)O)cc2)cc1. The minimum absolute atomic E-state index is 0.0840. The van der Waals surface area contributed by atoms with Gasteiger partial charge in [-0.15, -0.1) is 0 Å². The van der Waals surface area contributed by atoms with Crippen LogP contribution in [0.3, 0.4) is 0 Å². The van der Waals surface area contributed by atoms with Gasteiger partial charge in [0.25, 0.3) is 11.7 Å². The molecule has 2 N–H and O–H groups in total. The smallest absolute Gasteiger partial charge is 0.307 e. The number of aliphatic hydroxyl groups is 1. The molecule has 0 spiro atoms. The summed E-state index contributed by atoms with van der Waals surface area (Å²) < 4.78 is 10.6. The quantitative estimate of drug-likeness (QED) is 0.303. The Morgan fingerprint density at radius 3 is 2.14 bits per heavy atom. The van der Waals surface area contributed by atoms with Crippen molar-refractivity contribution >= 4 is 29.1 Å². The third-order valence-corrected chi connectivity index (χ3v) is 5.81. The molecule has 3 aromatic carbocycles. The molecule has 1 aliphatic rings. The number of anilines is 1. The van der Waals surface area contributed by atoms with Crippen LogP contribution in [0.1, 0.15) is 22.7 Å². The van der Waals surface area contributed by atoms with Gasteiger partial charge in [0, 0.05) is 5.69 Å². The van der Waals surface area contributed by atoms with Crippen LogP contribution in [0, 0.1) is 0 Å². The van der Waals surface area contributed by atoms with Crippen LogP contribution in [0.15, 0.2) is 78.4 Å². The number of carbonyl (C=O) groups excluding carboxylic acids is 2. The molecule has 0 aromatic heterocycles. The van der Waals surface area contributed by atoms with Gasteiger partial charge >= 0.3 is 5.97 Å². The standard InChI is InChI=1S/C27H23NO7/c1-34-19-13-9-17(10-14-19)24-23(25(31)20-5-3-4-6-21(20)35-2)26(32)27(33)28(24)18-11-7-16(8-12-18)15-22(29)30/h3-14,24,31H,15H2,1-2H3,(H,29,30)/b25-23-. The van der Waals surface area contributed by atoms with Crippen molar-refractivity contribution in [2.75, 3.05) is 19.1 Å². The first-order chi connectivity index (χ1) is 16.8. The fourth-order valence-corrected chi connectivity index (χ4v) is 4.13. The summed E-state index contributed by atoms with van der Waals surface area (Å²) in [6.45, 7) is 0. The number of rotatable bonds is 7. The van der Waals surface area contributed by atoms with E-state index in [0.717, 1.165) is 0 Å². The van der Waals surface area contributed by atoms with Gasteiger partial charge in [-0.05, 0) is 47.5 Å². The van der Waals surface area contributed by atoms with E-state index in [9.17, 15) is 19.5 Å². The van der Waals surface area contributed by atoms with Crippen molar-refractivity contribution in [3.8, 4) is 11.5 Å². The zero-order valence-electron chi connectivity index (χ0n) is 19.1. The van der Waals surface area contributed by atoms with Crippen molar-refractivity contribution in [3.05, 3.63) is 95.1 Å². The molecular weight excluding hydrogens is 450 g/mol. The molecule has 3 aromatic rings. The van der Waals surface area contributed by atoms with Crippen LogP contribution in [-0.4, -0.2) is 42.1 Å². The van der Waals surface area contributed by atoms with Crippen LogP contribution in [-0.2, 0) is 20.8 Å². The lowest BCUT2D eigenvalue weighted by Crippen LogP contribution is -2.29. The van der Waals surface area contributed by atoms with Gasteiger partial charge in [0.2, 0.25) is 0 Å². The topological polar surface area (TPSA) is 113 Å². The average molecular weight is 473 g/mol. The number of nitrogens with zero attached hydrogens (tertiary/aromatic N) is 1. The average Bonchev–Trinajstić information content (AvgIpc) is 3.14. The normalized spacial score (nSPS) is 16.9. The number of hydrogen-bond acceptors (Lipinski definition) is 6. The van der Waals surface area contributed by atoms with E-state index in [2.05, 4.69) is 0 Å². The van der Waals surface area contributed by atoms with Crippen molar-refractivity contribution < 1.29 is 34.1 Å². The molecule has 1 saturated heterocycles. The summed E-state index contributed by atoms with van der Waals surface area (Å²) in [5, 5.41) is 20.3. The number of hydrogen-bond donors (Lipinski definition) is 2. The van der Waals surface area contributed by atoms with Crippen LogP contribution in [0.25, 0.3) is 5.76 Å². The highest BCUT2D eigenvalue weighted by Crippen LogP contribution is 2.43. The number of ketones is 1. The number of carboxylic acid groups (broad SMARTS) is 1. The zero-order chi connectivity index (χ0) is 25.1. The molecule has 8 heteroatoms. The number of aliphatic carboxylic acids is 1. The summed E-state index contributed by atoms with van der Waals surface area (Å²) in [6.07, 6.45) is -0.172. The van der Waals surface area contributed by atoms with Gasteiger partial charge in [-0.2, -0.15) is 0 Å². The lowest BCUT2D eigenvalue weighted by Gasteiger charge is -2.26. The molecule has 8 nitrogen and oxygen atoms in total. The van der Waals surface area contributed by atoms with Crippen molar-refractivity contribution in [2.24, 2.45) is 0 Å². The Kier molecular flexibility index (Phi) is 6.55. The minimum atomic E-state index is -0.978. The highest BCUT2D eigenvalue weighted by Gasteiger charge is 2.47. The molecular formula is C27H23NO7. The molecule has 0 radical (unpaired) electrons. The lowest BCUT2D eigenvalue weighted by molar-refractivity contribution is -0.136. The molecule has 35 heavy (non-hydrogen) atoms. The number of methoxy groups -OCH3 is 2. The van der Waals surface area contributed by atoms with Crippen molar-refractivity contribution in [1.82, 2.24) is 0 Å². The maximum atomic E-state index is 13.3. The van der Waals surface area contributed by atoms with Gasteiger partial charge in [-0.3, -0.25) is 19.3 Å². The summed E-state index contributed by atoms with van der Waals surface area (Å²) in [7, 11) is 2.98. The Morgan fingerprint density at radius 2 is 1.54 bits per heavy atom. The number of amides is 1. The number of carbonyl (C=O) groups is 3. The number of Topliss-reactive ketones (excluding diaryl/α,β-unsaturated/α-hetero) is 1. The Morgan fingerprint density at radius 1 is 0.886 bits per heavy atom. The van der Waals surface area contributed by atoms with E-state index in [1.807, 2.05) is 0 Å². The molecule has 0 saturated carbocycles. The van der Waals surface area contributed by atoms with Gasteiger partial charge in [-0.1, -0.05) is 36.4 Å². The first-order valence-corrected chi connectivity index (χ1v) is 10.7. The van der Waals surface area contributed by atoms with Gasteiger partial charge in [-0.25, -0.2) is 0 Å². The molecule has 1 heterocycles. The van der Waals surface area contributed by atoms with Crippen molar-refractivity contribution in [1.29, 1.82) is 0 Å². The predicted molar refractivity (Wildman–Crippen MR) is 129 cm³/mol. The predicted octanol–water partition coefficient (Wildman–Crippen LogP) is 3.96. The number of carboxylic acids is 1. The molecule has 1 amide bonds. The summed E-state index contributed by atoms with van der Waals surface area (Å²) >= 11 is 0. The molecule has 1 fully saturated rings. The van der Waals surface area contributed by atoms with E-state index in [1.165, 1.54) is 19.1 Å². The van der Waals surface area contributed by atoms with Crippen LogP contribution >= 0.6 is 0 Å². The van der Waals surface area contributed by atoms with E-state index in [4.69, 9.17) is 14.6 Å². The Balaban J connectivity index is 1.89. The fourth-order valence-electron chi connectivity index (χ4n) is 4.13. The van der Waals surface area contributed by atoms with E-state index < -0.39 is 23.7 Å². The van der Waals surface area contributed by atoms with Crippen LogP contribution in [0.2, 0.25) is 0 Å².